The van der Waals surface area contributed by atoms with Crippen molar-refractivity contribution < 1.29 is 14.3 Å². The maximum Gasteiger partial charge on any atom is 0.349 e. The molecule has 4 aliphatic rings. The first-order valence-corrected chi connectivity index (χ1v) is 11.4. The van der Waals surface area contributed by atoms with Gasteiger partial charge in [0.1, 0.15) is 11.3 Å². The molecule has 5 rings (SSSR count). The van der Waals surface area contributed by atoms with Gasteiger partial charge in [0, 0.05) is 31.1 Å². The minimum absolute atomic E-state index is 0.130. The molecule has 6 heteroatoms. The molecule has 1 amide bonds. The fourth-order valence-electron chi connectivity index (χ4n) is 6.27. The Morgan fingerprint density at radius 1 is 1.17 bits per heavy atom. The molecule has 2 bridgehead atoms. The first-order chi connectivity index (χ1) is 14.1. The smallest absolute Gasteiger partial charge is 0.349 e. The van der Waals surface area contributed by atoms with E-state index in [1.54, 1.807) is 0 Å². The van der Waals surface area contributed by atoms with Crippen molar-refractivity contribution >= 4 is 5.91 Å². The number of piperidine rings is 3. The van der Waals surface area contributed by atoms with Crippen LogP contribution in [0.3, 0.4) is 0 Å². The third-order valence-electron chi connectivity index (χ3n) is 7.99. The lowest BCUT2D eigenvalue weighted by Gasteiger charge is -2.56. The number of hydrogen-bond acceptors (Lipinski definition) is 5. The lowest BCUT2D eigenvalue weighted by Crippen LogP contribution is -2.65. The predicted octanol–water partition coefficient (Wildman–Crippen LogP) is 2.52. The van der Waals surface area contributed by atoms with Crippen molar-refractivity contribution in [1.82, 2.24) is 9.80 Å². The molecular formula is C23H32N2O4. The van der Waals surface area contributed by atoms with E-state index in [2.05, 4.69) is 4.90 Å². The molecule has 0 spiro atoms. The van der Waals surface area contributed by atoms with Crippen LogP contribution in [0.25, 0.3) is 0 Å². The number of hydrogen-bond donors (Lipinski definition) is 1. The highest BCUT2D eigenvalue weighted by atomic mass is 16.4. The van der Waals surface area contributed by atoms with Crippen molar-refractivity contribution in [2.24, 2.45) is 11.8 Å². The zero-order chi connectivity index (χ0) is 20.1. The highest BCUT2D eigenvalue weighted by Gasteiger charge is 2.48. The lowest BCUT2D eigenvalue weighted by atomic mass is 9.72. The summed E-state index contributed by atoms with van der Waals surface area (Å²) < 4.78 is 5.58. The Kier molecular flexibility index (Phi) is 5.03. The average molecular weight is 401 g/mol. The van der Waals surface area contributed by atoms with E-state index in [9.17, 15) is 14.7 Å². The van der Waals surface area contributed by atoms with Crippen LogP contribution in [0, 0.1) is 18.8 Å². The molecular weight excluding hydrogens is 368 g/mol. The first-order valence-electron chi connectivity index (χ1n) is 11.4. The predicted molar refractivity (Wildman–Crippen MR) is 109 cm³/mol. The van der Waals surface area contributed by atoms with Gasteiger partial charge in [-0.05, 0) is 69.0 Å². The number of carbonyl (C=O) groups excluding carboxylic acids is 1. The SMILES string of the molecule is Cc1cc(C2CCC2)oc(=O)c1C(=O)N1C[C@H]2C[C@@H](C1)[C@H](CO)N1CCCC[C@@H]21. The van der Waals surface area contributed by atoms with Crippen molar-refractivity contribution in [2.75, 3.05) is 26.2 Å². The Morgan fingerprint density at radius 3 is 2.66 bits per heavy atom. The van der Waals surface area contributed by atoms with Gasteiger partial charge < -0.3 is 14.4 Å². The van der Waals surface area contributed by atoms with Gasteiger partial charge in [0.2, 0.25) is 0 Å². The molecule has 1 aromatic rings. The third kappa shape index (κ3) is 3.25. The molecule has 4 fully saturated rings. The van der Waals surface area contributed by atoms with Crippen molar-refractivity contribution in [3.63, 3.8) is 0 Å². The molecule has 1 aromatic heterocycles. The van der Waals surface area contributed by atoms with E-state index in [0.29, 0.717) is 31.0 Å². The molecule has 0 unspecified atom stereocenters. The van der Waals surface area contributed by atoms with Crippen LogP contribution in [0.4, 0.5) is 0 Å². The van der Waals surface area contributed by atoms with Crippen molar-refractivity contribution in [2.45, 2.75) is 69.9 Å². The molecule has 4 heterocycles. The summed E-state index contributed by atoms with van der Waals surface area (Å²) in [5.74, 6) is 1.60. The zero-order valence-electron chi connectivity index (χ0n) is 17.3. The monoisotopic (exact) mass is 400 g/mol. The Labute approximate surface area is 171 Å². The van der Waals surface area contributed by atoms with Crippen LogP contribution in [0.5, 0.6) is 0 Å². The van der Waals surface area contributed by atoms with Crippen LogP contribution in [-0.2, 0) is 0 Å². The molecule has 158 valence electrons. The Hall–Kier alpha value is -1.66. The Bertz CT molecular complexity index is 832. The summed E-state index contributed by atoms with van der Waals surface area (Å²) in [7, 11) is 0. The summed E-state index contributed by atoms with van der Waals surface area (Å²) in [6, 6.07) is 2.49. The summed E-state index contributed by atoms with van der Waals surface area (Å²) >= 11 is 0. The number of aliphatic hydroxyl groups excluding tert-OH is 1. The summed E-state index contributed by atoms with van der Waals surface area (Å²) in [6.07, 6.45) is 7.94. The second kappa shape index (κ2) is 7.55. The van der Waals surface area contributed by atoms with E-state index in [1.165, 1.54) is 19.3 Å². The molecule has 1 N–H and O–H groups in total. The molecule has 6 nitrogen and oxygen atoms in total. The van der Waals surface area contributed by atoms with Crippen molar-refractivity contribution in [3.8, 4) is 0 Å². The van der Waals surface area contributed by atoms with Gasteiger partial charge in [0.05, 0.1) is 6.61 Å². The minimum atomic E-state index is -0.481. The molecule has 1 saturated carbocycles. The summed E-state index contributed by atoms with van der Waals surface area (Å²) in [5.41, 5.74) is 0.460. The fourth-order valence-corrected chi connectivity index (χ4v) is 6.27. The molecule has 3 aliphatic heterocycles. The maximum absolute atomic E-state index is 13.4. The van der Waals surface area contributed by atoms with Gasteiger partial charge in [-0.15, -0.1) is 0 Å². The fraction of sp³-hybridized carbons (Fsp3) is 0.739. The summed E-state index contributed by atoms with van der Waals surface area (Å²) in [4.78, 5) is 30.5. The highest BCUT2D eigenvalue weighted by molar-refractivity contribution is 5.95. The van der Waals surface area contributed by atoms with Gasteiger partial charge in [-0.3, -0.25) is 9.69 Å². The van der Waals surface area contributed by atoms with Crippen LogP contribution >= 0.6 is 0 Å². The largest absolute Gasteiger partial charge is 0.427 e. The Morgan fingerprint density at radius 2 is 1.97 bits per heavy atom. The quantitative estimate of drug-likeness (QED) is 0.844. The van der Waals surface area contributed by atoms with E-state index in [4.69, 9.17) is 4.42 Å². The molecule has 0 aromatic carbocycles. The number of rotatable bonds is 3. The van der Waals surface area contributed by atoms with Gasteiger partial charge >= 0.3 is 5.63 Å². The second-order valence-electron chi connectivity index (χ2n) is 9.64. The van der Waals surface area contributed by atoms with Gasteiger partial charge in [0.15, 0.2) is 0 Å². The number of amides is 1. The van der Waals surface area contributed by atoms with Gasteiger partial charge in [-0.1, -0.05) is 12.8 Å². The average Bonchev–Trinajstić information content (AvgIpc) is 2.66. The van der Waals surface area contributed by atoms with E-state index >= 15 is 0 Å². The van der Waals surface area contributed by atoms with E-state index in [1.807, 2.05) is 17.9 Å². The maximum atomic E-state index is 13.4. The van der Waals surface area contributed by atoms with Crippen molar-refractivity contribution in [3.05, 3.63) is 33.4 Å². The number of aryl methyl sites for hydroxylation is 1. The van der Waals surface area contributed by atoms with Crippen LogP contribution in [-0.4, -0.2) is 59.1 Å². The molecule has 3 saturated heterocycles. The second-order valence-corrected chi connectivity index (χ2v) is 9.64. The first kappa shape index (κ1) is 19.3. The van der Waals surface area contributed by atoms with Crippen LogP contribution in [0.2, 0.25) is 0 Å². The number of likely N-dealkylation sites (tertiary alicyclic amines) is 1. The third-order valence-corrected chi connectivity index (χ3v) is 7.99. The topological polar surface area (TPSA) is 74.0 Å². The van der Waals surface area contributed by atoms with Gasteiger partial charge in [-0.25, -0.2) is 4.79 Å². The summed E-state index contributed by atoms with van der Waals surface area (Å²) in [6.45, 7) is 4.39. The number of fused-ring (bicyclic) bond motifs is 4. The number of carbonyl (C=O) groups is 1. The van der Waals surface area contributed by atoms with Crippen LogP contribution in [0.1, 0.15) is 72.5 Å². The van der Waals surface area contributed by atoms with Gasteiger partial charge in [-0.2, -0.15) is 0 Å². The highest BCUT2D eigenvalue weighted by Crippen LogP contribution is 2.41. The molecule has 29 heavy (non-hydrogen) atoms. The van der Waals surface area contributed by atoms with E-state index in [0.717, 1.165) is 43.6 Å². The molecule has 0 radical (unpaired) electrons. The lowest BCUT2D eigenvalue weighted by molar-refractivity contribution is -0.0795. The standard InChI is InChI=1S/C23H32N2O4/c1-14-9-20(15-5-4-6-15)29-23(28)21(14)22(27)24-11-16-10-17(12-24)19(13-26)25-8-3-2-7-18(16)25/h9,15-19,26H,2-8,10-13H2,1H3/t16-,17+,18+,19+/m1/s1. The summed E-state index contributed by atoms with van der Waals surface area (Å²) in [5, 5.41) is 10.1. The van der Waals surface area contributed by atoms with Crippen molar-refractivity contribution in [1.29, 1.82) is 0 Å². The van der Waals surface area contributed by atoms with E-state index in [-0.39, 0.29) is 30.0 Å². The van der Waals surface area contributed by atoms with Crippen LogP contribution in [0.15, 0.2) is 15.3 Å². The zero-order valence-corrected chi connectivity index (χ0v) is 17.3. The number of nitrogens with zero attached hydrogens (tertiary/aromatic N) is 2. The Balaban J connectivity index is 1.40. The van der Waals surface area contributed by atoms with E-state index < -0.39 is 5.63 Å². The normalized spacial score (nSPS) is 32.6. The van der Waals surface area contributed by atoms with Crippen LogP contribution < -0.4 is 5.63 Å². The minimum Gasteiger partial charge on any atom is -0.427 e. The number of aliphatic hydroxyl groups is 1. The molecule has 4 atom stereocenters. The van der Waals surface area contributed by atoms with Gasteiger partial charge in [0.25, 0.3) is 5.91 Å². The molecule has 1 aliphatic carbocycles.